The first-order valence-electron chi connectivity index (χ1n) is 11.0. The molecular weight excluding hydrogens is 370 g/mol. The van der Waals surface area contributed by atoms with Crippen molar-refractivity contribution in [2.24, 2.45) is 23.0 Å². The predicted molar refractivity (Wildman–Crippen MR) is 124 cm³/mol. The van der Waals surface area contributed by atoms with Crippen LogP contribution in [-0.4, -0.2) is 11.7 Å². The van der Waals surface area contributed by atoms with Crippen LogP contribution in [0, 0.1) is 29.6 Å². The summed E-state index contributed by atoms with van der Waals surface area (Å²) in [4.78, 5) is 12.7. The molecule has 4 nitrogen and oxygen atoms in total. The van der Waals surface area contributed by atoms with Gasteiger partial charge < -0.3 is 11.1 Å². The molecule has 1 saturated carbocycles. The Hall–Kier alpha value is -2.62. The Morgan fingerprint density at radius 1 is 1.07 bits per heavy atom. The Balaban J connectivity index is 1.64. The van der Waals surface area contributed by atoms with Gasteiger partial charge in [0, 0.05) is 18.0 Å². The molecule has 1 amide bonds. The zero-order chi connectivity index (χ0) is 21.9. The van der Waals surface area contributed by atoms with Gasteiger partial charge in [0.05, 0.1) is 0 Å². The number of amides is 1. The van der Waals surface area contributed by atoms with Crippen molar-refractivity contribution in [2.45, 2.75) is 59.9 Å². The van der Waals surface area contributed by atoms with Crippen LogP contribution < -0.4 is 11.1 Å². The smallest absolute Gasteiger partial charge is 0.223 e. The first-order chi connectivity index (χ1) is 14.1. The van der Waals surface area contributed by atoms with Gasteiger partial charge in [0.1, 0.15) is 5.84 Å². The van der Waals surface area contributed by atoms with Crippen molar-refractivity contribution in [1.82, 2.24) is 5.32 Å². The predicted octanol–water partition coefficient (Wildman–Crippen LogP) is 5.41. The Labute approximate surface area is 180 Å². The van der Waals surface area contributed by atoms with Gasteiger partial charge in [-0.3, -0.25) is 10.2 Å². The van der Waals surface area contributed by atoms with Gasteiger partial charge in [0.15, 0.2) is 0 Å². The molecule has 3 rings (SSSR count). The van der Waals surface area contributed by atoms with Gasteiger partial charge in [-0.2, -0.15) is 0 Å². The third-order valence-corrected chi connectivity index (χ3v) is 6.43. The standard InChI is InChI=1S/C26H35N3O/c1-17-12-18(14-22(13-17)20-6-5-7-21(15-20)24(27)28)16-29-25(30)19-8-10-23(11-9-19)26(2,3)4/h5-7,12-15,19,23H,8-11,16H2,1-4H3,(H3,27,28)(H,29,30). The molecule has 2 aromatic rings. The number of benzene rings is 2. The van der Waals surface area contributed by atoms with Gasteiger partial charge >= 0.3 is 0 Å². The molecule has 0 saturated heterocycles. The molecule has 0 unspecified atom stereocenters. The zero-order valence-corrected chi connectivity index (χ0v) is 18.7. The monoisotopic (exact) mass is 405 g/mol. The minimum atomic E-state index is 0.0678. The average molecular weight is 406 g/mol. The van der Waals surface area contributed by atoms with Crippen LogP contribution in [-0.2, 0) is 11.3 Å². The summed E-state index contributed by atoms with van der Waals surface area (Å²) in [7, 11) is 0. The van der Waals surface area contributed by atoms with Crippen molar-refractivity contribution >= 4 is 11.7 Å². The maximum atomic E-state index is 12.7. The van der Waals surface area contributed by atoms with Crippen LogP contribution in [0.4, 0.5) is 0 Å². The third-order valence-electron chi connectivity index (χ3n) is 6.43. The molecule has 0 heterocycles. The van der Waals surface area contributed by atoms with Crippen LogP contribution in [0.5, 0.6) is 0 Å². The Kier molecular flexibility index (Phi) is 6.64. The number of nitrogens with one attached hydrogen (secondary N) is 2. The maximum absolute atomic E-state index is 12.7. The van der Waals surface area contributed by atoms with E-state index in [4.69, 9.17) is 11.1 Å². The van der Waals surface area contributed by atoms with Crippen molar-refractivity contribution < 1.29 is 4.79 Å². The summed E-state index contributed by atoms with van der Waals surface area (Å²) in [6.07, 6.45) is 4.26. The second-order valence-electron chi connectivity index (χ2n) is 9.83. The number of hydrogen-bond acceptors (Lipinski definition) is 2. The summed E-state index contributed by atoms with van der Waals surface area (Å²) < 4.78 is 0. The second-order valence-corrected chi connectivity index (χ2v) is 9.83. The lowest BCUT2D eigenvalue weighted by molar-refractivity contribution is -0.126. The summed E-state index contributed by atoms with van der Waals surface area (Å²) in [5.74, 6) is 1.11. The molecule has 30 heavy (non-hydrogen) atoms. The van der Waals surface area contributed by atoms with Crippen molar-refractivity contribution in [3.05, 3.63) is 59.2 Å². The molecule has 0 radical (unpaired) electrons. The van der Waals surface area contributed by atoms with Gasteiger partial charge in [0.2, 0.25) is 5.91 Å². The number of hydrogen-bond donors (Lipinski definition) is 3. The van der Waals surface area contributed by atoms with E-state index < -0.39 is 0 Å². The van der Waals surface area contributed by atoms with Gasteiger partial charge in [-0.25, -0.2) is 0 Å². The number of aryl methyl sites for hydroxylation is 1. The number of rotatable bonds is 5. The Bertz CT molecular complexity index is 918. The normalized spacial score (nSPS) is 19.3. The van der Waals surface area contributed by atoms with E-state index in [-0.39, 0.29) is 17.7 Å². The maximum Gasteiger partial charge on any atom is 0.223 e. The van der Waals surface area contributed by atoms with Gasteiger partial charge in [-0.05, 0) is 72.8 Å². The second kappa shape index (κ2) is 9.03. The first kappa shape index (κ1) is 22.1. The van der Waals surface area contributed by atoms with E-state index in [2.05, 4.69) is 51.2 Å². The highest BCUT2D eigenvalue weighted by Crippen LogP contribution is 2.39. The molecule has 0 aliphatic heterocycles. The van der Waals surface area contributed by atoms with Crippen LogP contribution >= 0.6 is 0 Å². The van der Waals surface area contributed by atoms with Gasteiger partial charge in [-0.15, -0.1) is 0 Å². The highest BCUT2D eigenvalue weighted by atomic mass is 16.1. The molecule has 1 aliphatic rings. The summed E-state index contributed by atoms with van der Waals surface area (Å²) in [5, 5.41) is 10.8. The molecule has 0 atom stereocenters. The van der Waals surface area contributed by atoms with E-state index in [0.29, 0.717) is 17.9 Å². The molecule has 160 valence electrons. The molecule has 1 fully saturated rings. The van der Waals surface area contributed by atoms with E-state index >= 15 is 0 Å². The molecule has 2 aromatic carbocycles. The molecule has 0 aromatic heterocycles. The molecule has 4 heteroatoms. The van der Waals surface area contributed by atoms with Crippen LogP contribution in [0.1, 0.15) is 63.1 Å². The summed E-state index contributed by atoms with van der Waals surface area (Å²) in [6.45, 7) is 9.52. The van der Waals surface area contributed by atoms with E-state index in [1.807, 2.05) is 24.3 Å². The summed E-state index contributed by atoms with van der Waals surface area (Å²) in [6, 6.07) is 14.1. The molecule has 1 aliphatic carbocycles. The van der Waals surface area contributed by atoms with Crippen LogP contribution in [0.15, 0.2) is 42.5 Å². The van der Waals surface area contributed by atoms with Gasteiger partial charge in [0.25, 0.3) is 0 Å². The van der Waals surface area contributed by atoms with E-state index in [1.165, 1.54) is 0 Å². The third kappa shape index (κ3) is 5.50. The lowest BCUT2D eigenvalue weighted by Crippen LogP contribution is -2.35. The fourth-order valence-corrected chi connectivity index (χ4v) is 4.55. The van der Waals surface area contributed by atoms with Crippen molar-refractivity contribution in [2.75, 3.05) is 0 Å². The van der Waals surface area contributed by atoms with Crippen molar-refractivity contribution in [3.8, 4) is 11.1 Å². The quantitative estimate of drug-likeness (QED) is 0.459. The molecule has 4 N–H and O–H groups in total. The first-order valence-corrected chi connectivity index (χ1v) is 11.0. The van der Waals surface area contributed by atoms with Crippen molar-refractivity contribution in [1.29, 1.82) is 5.41 Å². The number of nitrogens with two attached hydrogens (primary N) is 1. The Morgan fingerprint density at radius 3 is 2.40 bits per heavy atom. The minimum Gasteiger partial charge on any atom is -0.384 e. The summed E-state index contributed by atoms with van der Waals surface area (Å²) in [5.41, 5.74) is 11.0. The van der Waals surface area contributed by atoms with Crippen LogP contribution in [0.3, 0.4) is 0 Å². The van der Waals surface area contributed by atoms with E-state index in [1.54, 1.807) is 0 Å². The zero-order valence-electron chi connectivity index (χ0n) is 18.7. The average Bonchev–Trinajstić information content (AvgIpc) is 2.71. The van der Waals surface area contributed by atoms with Crippen molar-refractivity contribution in [3.63, 3.8) is 0 Å². The fraction of sp³-hybridized carbons (Fsp3) is 0.462. The van der Waals surface area contributed by atoms with E-state index in [0.717, 1.165) is 53.5 Å². The number of carbonyl (C=O) groups is 1. The summed E-state index contributed by atoms with van der Waals surface area (Å²) >= 11 is 0. The Morgan fingerprint density at radius 2 is 1.77 bits per heavy atom. The lowest BCUT2D eigenvalue weighted by atomic mass is 9.69. The molecule has 0 bridgehead atoms. The highest BCUT2D eigenvalue weighted by molar-refractivity contribution is 5.96. The van der Waals surface area contributed by atoms with E-state index in [9.17, 15) is 4.79 Å². The SMILES string of the molecule is Cc1cc(CNC(=O)C2CCC(C(C)(C)C)CC2)cc(-c2cccc(C(=N)N)c2)c1. The number of nitrogen functional groups attached to an aromatic ring is 1. The van der Waals surface area contributed by atoms with Crippen LogP contribution in [0.25, 0.3) is 11.1 Å². The molecular formula is C26H35N3O. The topological polar surface area (TPSA) is 79.0 Å². The lowest BCUT2D eigenvalue weighted by Gasteiger charge is -2.36. The van der Waals surface area contributed by atoms with Gasteiger partial charge in [-0.1, -0.05) is 56.7 Å². The molecule has 0 spiro atoms. The van der Waals surface area contributed by atoms with Crippen LogP contribution in [0.2, 0.25) is 0 Å². The highest BCUT2D eigenvalue weighted by Gasteiger charge is 2.32. The fourth-order valence-electron chi connectivity index (χ4n) is 4.55. The number of amidine groups is 1. The minimum absolute atomic E-state index is 0.0678. The number of carbonyl (C=O) groups excluding carboxylic acids is 1. The largest absolute Gasteiger partial charge is 0.384 e.